The fourth-order valence-corrected chi connectivity index (χ4v) is 31.7. The maximum atomic E-state index is 15.5. The van der Waals surface area contributed by atoms with E-state index in [4.69, 9.17) is 5.11 Å². The van der Waals surface area contributed by atoms with Gasteiger partial charge in [0, 0.05) is 102 Å². The minimum absolute atomic E-state index is 0.00523. The predicted octanol–water partition coefficient (Wildman–Crippen LogP) is 15.9. The zero-order valence-corrected chi connectivity index (χ0v) is 69.9. The Hall–Kier alpha value is -12.1. The van der Waals surface area contributed by atoms with Crippen molar-refractivity contribution in [3.05, 3.63) is 263 Å². The number of hydrogen-bond donors (Lipinski definition) is 1. The zero-order valence-electron chi connectivity index (χ0n) is 67.1. The summed E-state index contributed by atoms with van der Waals surface area (Å²) in [6, 6.07) is 28.4. The Bertz CT molecular complexity index is 6520. The van der Waals surface area contributed by atoms with Gasteiger partial charge in [-0.2, -0.15) is 20.4 Å². The van der Waals surface area contributed by atoms with E-state index in [2.05, 4.69) is 47.2 Å². The number of aliphatic carboxylic acids is 1. The Kier molecular flexibility index (Phi) is 27.5. The molecule has 0 aliphatic heterocycles. The fraction of sp³-hybridized carbons (Fsp3) is 0.303. The molecule has 0 atom stereocenters. The van der Waals surface area contributed by atoms with Crippen LogP contribution in [0.1, 0.15) is 102 Å². The molecular weight excluding hydrogens is 1670 g/mol. The molecule has 1 N–H and O–H groups in total. The van der Waals surface area contributed by atoms with Crippen LogP contribution in [-0.4, -0.2) is 104 Å². The topological polar surface area (TPSA) is 248 Å². The summed E-state index contributed by atoms with van der Waals surface area (Å²) < 4.78 is 141. The molecule has 0 aliphatic rings. The molecule has 0 bridgehead atoms. The van der Waals surface area contributed by atoms with Crippen LogP contribution in [0.2, 0.25) is 13.3 Å². The monoisotopic (exact) mass is 1760 g/mol. The summed E-state index contributed by atoms with van der Waals surface area (Å²) in [5, 5.41) is 29.5. The number of carbonyl (C=O) groups excluding carboxylic acids is 3. The summed E-state index contributed by atoms with van der Waals surface area (Å²) in [6.07, 6.45) is 12.1. The fourth-order valence-electron chi connectivity index (χ4n) is 15.8. The molecule has 21 nitrogen and oxygen atoms in total. The maximum Gasteiger partial charge on any atom is 0.305 e. The summed E-state index contributed by atoms with van der Waals surface area (Å²) in [5.41, 5.74) is 3.05. The molecule has 0 saturated carbocycles. The van der Waals surface area contributed by atoms with E-state index < -0.39 is 70.9 Å². The second kappa shape index (κ2) is 37.9. The number of benzene rings is 7. The van der Waals surface area contributed by atoms with Crippen LogP contribution in [0, 0.1) is 52.4 Å². The summed E-state index contributed by atoms with van der Waals surface area (Å²) in [6.45, 7) is 6.78. The normalized spacial score (nSPS) is 11.6. The first kappa shape index (κ1) is 87.2. The van der Waals surface area contributed by atoms with E-state index in [9.17, 15) is 73.5 Å². The van der Waals surface area contributed by atoms with Crippen LogP contribution in [0.25, 0.3) is 87.2 Å². The number of hydrogen-bond acceptors (Lipinski definition) is 12. The van der Waals surface area contributed by atoms with Gasteiger partial charge in [0.1, 0.15) is 52.3 Å². The van der Waals surface area contributed by atoms with E-state index in [1.165, 1.54) is 140 Å². The Morgan fingerprint density at radius 2 is 0.583 bits per heavy atom. The number of Topliss-reactive ketones (excluding diaryl/α,β-unsaturated/α-hetero) is 3. The average molecular weight is 1760 g/mol. The Morgan fingerprint density at radius 3 is 0.842 bits per heavy atom. The predicted molar refractivity (Wildman–Crippen MR) is 446 cm³/mol. The van der Waals surface area contributed by atoms with Gasteiger partial charge in [0.05, 0.1) is 74.3 Å². The van der Waals surface area contributed by atoms with E-state index in [1.54, 1.807) is 77.2 Å². The van der Waals surface area contributed by atoms with Crippen molar-refractivity contribution in [1.82, 2.24) is 57.4 Å². The Balaban J connectivity index is 0.000000150. The van der Waals surface area contributed by atoms with Crippen LogP contribution in [0.3, 0.4) is 0 Å². The van der Waals surface area contributed by atoms with Gasteiger partial charge in [-0.25, -0.2) is 35.1 Å². The molecule has 31 heteroatoms. The van der Waals surface area contributed by atoms with Crippen molar-refractivity contribution >= 4 is 132 Å². The SMILES string of the molecule is CCC[CH2][Sn]([CH2]CCC)([CH2]CCC)[c]1ccc(CC(=O)CCn2c(=O)c3cnn(C)c3c3ccc(F)cc32)c(F)c1.Cn1ncc2c(=O)n(CCC(=O)Cc3ccc(F)cc3F)c3cc(F)ccc3c21.Cn1ncc2c(=O)n(CCC(=O)Cc3ccc(F)cc3F)c3cc(F)ccc3c21.Cn1ncc2c(=O)n(CCC(=O)O)c3cc(F)ccc3c21. The number of carboxylic acids is 1. The van der Waals surface area contributed by atoms with Gasteiger partial charge < -0.3 is 18.8 Å². The summed E-state index contributed by atoms with van der Waals surface area (Å²) >= 11 is -2.77. The number of carboxylic acid groups (broad SMARTS) is 1. The molecule has 0 saturated heterocycles. The van der Waals surface area contributed by atoms with Crippen LogP contribution < -0.4 is 25.8 Å². The number of ketones is 3. The molecule has 0 unspecified atom stereocenters. The molecular formula is C89H87F9N12O9Sn. The van der Waals surface area contributed by atoms with Crippen molar-refractivity contribution in [1.29, 1.82) is 0 Å². The van der Waals surface area contributed by atoms with E-state index in [0.717, 1.165) is 43.5 Å². The molecule has 0 aliphatic carbocycles. The number of halogens is 9. The van der Waals surface area contributed by atoms with Crippen LogP contribution in [0.5, 0.6) is 0 Å². The quantitative estimate of drug-likeness (QED) is 0.0354. The van der Waals surface area contributed by atoms with Crippen LogP contribution in [-0.2, 0) is 92.8 Å². The number of carbonyl (C=O) groups is 4. The van der Waals surface area contributed by atoms with Gasteiger partial charge in [0.2, 0.25) is 0 Å². The summed E-state index contributed by atoms with van der Waals surface area (Å²) in [5.74, 6) is -7.08. The number of aromatic nitrogens is 12. The van der Waals surface area contributed by atoms with Gasteiger partial charge in [-0.05, 0) is 83.9 Å². The van der Waals surface area contributed by atoms with Gasteiger partial charge in [-0.15, -0.1) is 0 Å². The molecule has 120 heavy (non-hydrogen) atoms. The molecule has 15 rings (SSSR count). The maximum absolute atomic E-state index is 15.5. The van der Waals surface area contributed by atoms with Crippen LogP contribution in [0.15, 0.2) is 171 Å². The summed E-state index contributed by atoms with van der Waals surface area (Å²) in [7, 11) is 6.82. The minimum Gasteiger partial charge on any atom is -0.481 e. The van der Waals surface area contributed by atoms with Crippen LogP contribution >= 0.6 is 0 Å². The molecule has 0 radical (unpaired) electrons. The molecule has 7 aromatic carbocycles. The molecule has 15 aromatic rings. The molecule has 0 spiro atoms. The number of unbranched alkanes of at least 4 members (excludes halogenated alkanes) is 3. The van der Waals surface area contributed by atoms with Gasteiger partial charge in [-0.1, -0.05) is 12.1 Å². The van der Waals surface area contributed by atoms with Crippen molar-refractivity contribution in [2.24, 2.45) is 28.2 Å². The number of rotatable bonds is 28. The van der Waals surface area contributed by atoms with Gasteiger partial charge in [-0.3, -0.25) is 47.5 Å². The number of nitrogens with zero attached hydrogens (tertiary/aromatic N) is 12. The van der Waals surface area contributed by atoms with E-state index in [0.29, 0.717) is 92.8 Å². The number of fused-ring (bicyclic) bond motifs is 12. The third-order valence-corrected chi connectivity index (χ3v) is 37.6. The second-order valence-electron chi connectivity index (χ2n) is 30.0. The Labute approximate surface area is 684 Å². The van der Waals surface area contributed by atoms with Crippen molar-refractivity contribution in [2.45, 2.75) is 144 Å². The van der Waals surface area contributed by atoms with Gasteiger partial charge in [0.15, 0.2) is 0 Å². The average Bonchev–Trinajstić information content (AvgIpc) is 1.56. The molecule has 0 fully saturated rings. The third kappa shape index (κ3) is 19.0. The molecule has 8 heterocycles. The van der Waals surface area contributed by atoms with Gasteiger partial charge in [0.25, 0.3) is 16.7 Å². The van der Waals surface area contributed by atoms with Crippen molar-refractivity contribution in [3.8, 4) is 0 Å². The molecule has 0 amide bonds. The van der Waals surface area contributed by atoms with Gasteiger partial charge >= 0.3 is 225 Å². The minimum atomic E-state index is -2.77. The first-order valence-corrected chi connectivity index (χ1v) is 46.9. The summed E-state index contributed by atoms with van der Waals surface area (Å²) in [4.78, 5) is 100. The Morgan fingerprint density at radius 1 is 0.333 bits per heavy atom. The second-order valence-corrected chi connectivity index (χ2v) is 43.2. The standard InChI is InChI=1S/2C21H16F3N3O2.C21H16F2N3O2.C14H12FN3O3.3C4H9.Sn/c2*1-26-20-16-5-4-14(23)10-19(16)27(21(29)17(20)11-25-26)7-6-15(28)8-12-2-3-13(22)9-18(12)24;1-25-20-16-7-6-14(22)11-19(16)26(21(28)17(20)12-24-25)9-8-15(27)10-13-4-2-3-5-18(13)23;1-17-13-9-3-2-8(15)6-11(9)18(5-4-12(19)20)14(21)10(13)7-16-17;3*1-3-4-2;/h2*2-5,9-11H,6-8H2,1H3;2,4-7,11-12H,8-10H2,1H3;2-3,6-7H,4-5H2,1H3,(H,19,20);3*1,3-4H2,2H3;. The number of aryl methyl sites for hydroxylation is 8. The largest absolute Gasteiger partial charge is 0.481 e. The third-order valence-electron chi connectivity index (χ3n) is 22.0. The van der Waals surface area contributed by atoms with Crippen molar-refractivity contribution < 1.29 is 63.8 Å². The van der Waals surface area contributed by atoms with E-state index >= 15 is 4.39 Å². The van der Waals surface area contributed by atoms with Crippen LogP contribution in [0.4, 0.5) is 39.5 Å². The van der Waals surface area contributed by atoms with Crippen molar-refractivity contribution in [2.75, 3.05) is 0 Å². The number of pyridine rings is 4. The first-order valence-electron chi connectivity index (χ1n) is 39.4. The van der Waals surface area contributed by atoms with E-state index in [-0.39, 0.29) is 128 Å². The molecule has 624 valence electrons. The zero-order chi connectivity index (χ0) is 86.1. The smallest absolute Gasteiger partial charge is 0.305 e. The van der Waals surface area contributed by atoms with E-state index in [1.807, 2.05) is 6.07 Å². The first-order chi connectivity index (χ1) is 57.4. The molecule has 8 aromatic heterocycles. The van der Waals surface area contributed by atoms with Crippen molar-refractivity contribution in [3.63, 3.8) is 0 Å².